The predicted octanol–water partition coefficient (Wildman–Crippen LogP) is 2.09. The van der Waals surface area contributed by atoms with Gasteiger partial charge in [0, 0.05) is 37.4 Å². The van der Waals surface area contributed by atoms with Crippen molar-refractivity contribution in [2.75, 3.05) is 32.8 Å². The van der Waals surface area contributed by atoms with Crippen LogP contribution >= 0.6 is 11.3 Å². The van der Waals surface area contributed by atoms with Gasteiger partial charge in [0.05, 0.1) is 36.6 Å². The third kappa shape index (κ3) is 5.90. The van der Waals surface area contributed by atoms with Crippen molar-refractivity contribution in [1.29, 1.82) is 0 Å². The molecule has 3 saturated heterocycles. The second-order valence-electron chi connectivity index (χ2n) is 7.54. The van der Waals surface area contributed by atoms with Crippen molar-refractivity contribution in [3.05, 3.63) is 16.1 Å². The number of hydrogen-bond acceptors (Lipinski definition) is 7. The van der Waals surface area contributed by atoms with Gasteiger partial charge in [-0.2, -0.15) is 13.2 Å². The SMILES string of the molecule is Cc1nc(CN2C[C@@H]3[C@@H](CC(=O)N4CCCO4)CO[C@@H]3C2)cs1.O=C(O)C(F)(F)F. The number of hydroxylamine groups is 2. The third-order valence-corrected chi connectivity index (χ3v) is 6.10. The molecule has 3 aliphatic rings. The topological polar surface area (TPSA) is 92.2 Å². The van der Waals surface area contributed by atoms with Crippen LogP contribution in [0.4, 0.5) is 13.2 Å². The number of carboxylic acid groups (broad SMARTS) is 1. The largest absolute Gasteiger partial charge is 0.490 e. The molecule has 0 radical (unpaired) electrons. The molecule has 0 aromatic carbocycles. The average molecular weight is 451 g/mol. The molecule has 168 valence electrons. The van der Waals surface area contributed by atoms with E-state index in [0.29, 0.717) is 31.5 Å². The van der Waals surface area contributed by atoms with Gasteiger partial charge in [-0.1, -0.05) is 0 Å². The Morgan fingerprint density at radius 3 is 2.67 bits per heavy atom. The van der Waals surface area contributed by atoms with E-state index in [-0.39, 0.29) is 12.0 Å². The number of likely N-dealkylation sites (tertiary alicyclic amines) is 1. The Kier molecular flexibility index (Phi) is 7.32. The molecule has 3 fully saturated rings. The first-order valence-electron chi connectivity index (χ1n) is 9.62. The molecule has 0 unspecified atom stereocenters. The molecule has 4 heterocycles. The van der Waals surface area contributed by atoms with E-state index in [1.165, 1.54) is 5.06 Å². The molecule has 1 amide bonds. The van der Waals surface area contributed by atoms with Crippen molar-refractivity contribution in [2.45, 2.75) is 38.6 Å². The van der Waals surface area contributed by atoms with Crippen molar-refractivity contribution in [3.8, 4) is 0 Å². The standard InChI is InChI=1S/C16H23N3O3S.C2HF3O2/c1-11-17-13(10-23-11)6-18-7-14-12(9-21-15(14)8-18)5-16(20)19-3-2-4-22-19;3-2(4,5)1(6)7/h10,12,14-15H,2-9H2,1H3;(H,6,7)/t12-,14+,15+;/m0./s1. The van der Waals surface area contributed by atoms with Gasteiger partial charge in [-0.3, -0.25) is 14.5 Å². The number of halogens is 3. The molecule has 1 aromatic rings. The van der Waals surface area contributed by atoms with Gasteiger partial charge in [0.15, 0.2) is 0 Å². The summed E-state index contributed by atoms with van der Waals surface area (Å²) >= 11 is 1.70. The lowest BCUT2D eigenvalue weighted by molar-refractivity contribution is -0.192. The zero-order valence-electron chi connectivity index (χ0n) is 16.4. The lowest BCUT2D eigenvalue weighted by atomic mass is 9.90. The molecular weight excluding hydrogens is 427 g/mol. The highest BCUT2D eigenvalue weighted by Crippen LogP contribution is 2.36. The number of alkyl halides is 3. The van der Waals surface area contributed by atoms with E-state index in [1.54, 1.807) is 11.3 Å². The Morgan fingerprint density at radius 2 is 2.10 bits per heavy atom. The van der Waals surface area contributed by atoms with Crippen molar-refractivity contribution < 1.29 is 37.4 Å². The van der Waals surface area contributed by atoms with Crippen molar-refractivity contribution >= 4 is 23.2 Å². The Labute approximate surface area is 175 Å². The van der Waals surface area contributed by atoms with Crippen molar-refractivity contribution in [3.63, 3.8) is 0 Å². The van der Waals surface area contributed by atoms with Gasteiger partial charge in [-0.05, 0) is 19.3 Å². The van der Waals surface area contributed by atoms with Crippen LogP contribution in [0.1, 0.15) is 23.5 Å². The van der Waals surface area contributed by atoms with E-state index in [9.17, 15) is 18.0 Å². The van der Waals surface area contributed by atoms with Crippen molar-refractivity contribution in [1.82, 2.24) is 14.9 Å². The minimum absolute atomic E-state index is 0.116. The van der Waals surface area contributed by atoms with Crippen LogP contribution in [0.3, 0.4) is 0 Å². The van der Waals surface area contributed by atoms with Gasteiger partial charge < -0.3 is 9.84 Å². The lowest BCUT2D eigenvalue weighted by Gasteiger charge is -2.20. The third-order valence-electron chi connectivity index (χ3n) is 5.28. The average Bonchev–Trinajstić information content (AvgIpc) is 3.42. The fourth-order valence-corrected chi connectivity index (χ4v) is 4.50. The fourth-order valence-electron chi connectivity index (χ4n) is 3.90. The molecule has 0 spiro atoms. The zero-order valence-corrected chi connectivity index (χ0v) is 17.2. The predicted molar refractivity (Wildman–Crippen MR) is 99.4 cm³/mol. The van der Waals surface area contributed by atoms with E-state index in [2.05, 4.69) is 15.3 Å². The second-order valence-corrected chi connectivity index (χ2v) is 8.60. The van der Waals surface area contributed by atoms with Crippen LogP contribution in [-0.2, 0) is 25.7 Å². The quantitative estimate of drug-likeness (QED) is 0.749. The Bertz CT molecular complexity index is 754. The number of hydrogen-bond donors (Lipinski definition) is 1. The molecule has 4 rings (SSSR count). The molecule has 0 bridgehead atoms. The minimum Gasteiger partial charge on any atom is -0.475 e. The molecule has 8 nitrogen and oxygen atoms in total. The van der Waals surface area contributed by atoms with Crippen LogP contribution in [0.15, 0.2) is 5.38 Å². The number of thiazole rings is 1. The van der Waals surface area contributed by atoms with Gasteiger partial charge in [0.2, 0.25) is 5.91 Å². The van der Waals surface area contributed by atoms with E-state index >= 15 is 0 Å². The molecule has 1 N–H and O–H groups in total. The molecule has 0 saturated carbocycles. The summed E-state index contributed by atoms with van der Waals surface area (Å²) in [7, 11) is 0. The number of amides is 1. The molecule has 1 aromatic heterocycles. The molecule has 0 aliphatic carbocycles. The lowest BCUT2D eigenvalue weighted by Crippen LogP contribution is -2.31. The summed E-state index contributed by atoms with van der Waals surface area (Å²) in [5, 5.41) is 11.9. The highest BCUT2D eigenvalue weighted by atomic mass is 32.1. The molecule has 3 atom stereocenters. The summed E-state index contributed by atoms with van der Waals surface area (Å²) in [5.41, 5.74) is 1.14. The summed E-state index contributed by atoms with van der Waals surface area (Å²) in [5.74, 6) is -1.86. The van der Waals surface area contributed by atoms with Crippen molar-refractivity contribution in [2.24, 2.45) is 11.8 Å². The summed E-state index contributed by atoms with van der Waals surface area (Å²) < 4.78 is 37.7. The number of carbonyl (C=O) groups is 2. The molecule has 12 heteroatoms. The number of nitrogens with zero attached hydrogens (tertiary/aromatic N) is 3. The first kappa shape index (κ1) is 22.9. The van der Waals surface area contributed by atoms with Gasteiger partial charge in [-0.15, -0.1) is 11.3 Å². The number of ether oxygens (including phenoxy) is 1. The van der Waals surface area contributed by atoms with Crippen LogP contribution in [0.5, 0.6) is 0 Å². The maximum Gasteiger partial charge on any atom is 0.490 e. The van der Waals surface area contributed by atoms with E-state index in [1.807, 2.05) is 6.92 Å². The highest BCUT2D eigenvalue weighted by Gasteiger charge is 2.45. The first-order valence-corrected chi connectivity index (χ1v) is 10.5. The van der Waals surface area contributed by atoms with Gasteiger partial charge >= 0.3 is 12.1 Å². The molecule has 3 aliphatic heterocycles. The zero-order chi connectivity index (χ0) is 21.9. The fraction of sp³-hybridized carbons (Fsp3) is 0.722. The number of rotatable bonds is 4. The monoisotopic (exact) mass is 451 g/mol. The van der Waals surface area contributed by atoms with E-state index in [4.69, 9.17) is 19.5 Å². The Morgan fingerprint density at radius 1 is 1.37 bits per heavy atom. The number of aliphatic carboxylic acids is 1. The first-order chi connectivity index (χ1) is 14.1. The van der Waals surface area contributed by atoms with Crippen LogP contribution in [0.2, 0.25) is 0 Å². The highest BCUT2D eigenvalue weighted by molar-refractivity contribution is 7.09. The minimum atomic E-state index is -5.08. The van der Waals surface area contributed by atoms with Gasteiger partial charge in [-0.25, -0.2) is 14.8 Å². The summed E-state index contributed by atoms with van der Waals surface area (Å²) in [4.78, 5) is 33.5. The number of carbonyl (C=O) groups excluding carboxylic acids is 1. The summed E-state index contributed by atoms with van der Waals surface area (Å²) in [6, 6.07) is 0. The van der Waals surface area contributed by atoms with E-state index < -0.39 is 12.1 Å². The van der Waals surface area contributed by atoms with Gasteiger partial charge in [0.1, 0.15) is 0 Å². The maximum atomic E-state index is 12.3. The van der Waals surface area contributed by atoms with E-state index in [0.717, 1.165) is 43.3 Å². The molecule has 30 heavy (non-hydrogen) atoms. The molecular formula is C18H24F3N3O5S. The smallest absolute Gasteiger partial charge is 0.475 e. The Hall–Kier alpha value is -1.76. The number of aromatic nitrogens is 1. The van der Waals surface area contributed by atoms with Crippen LogP contribution in [0.25, 0.3) is 0 Å². The van der Waals surface area contributed by atoms with Crippen LogP contribution in [0, 0.1) is 18.8 Å². The number of carboxylic acids is 1. The normalized spacial score (nSPS) is 26.4. The van der Waals surface area contributed by atoms with Crippen LogP contribution < -0.4 is 0 Å². The number of aryl methyl sites for hydroxylation is 1. The Balaban J connectivity index is 0.000000318. The number of fused-ring (bicyclic) bond motifs is 1. The second kappa shape index (κ2) is 9.58. The van der Waals surface area contributed by atoms with Gasteiger partial charge in [0.25, 0.3) is 0 Å². The maximum absolute atomic E-state index is 12.3. The summed E-state index contributed by atoms with van der Waals surface area (Å²) in [6.45, 7) is 6.98. The summed E-state index contributed by atoms with van der Waals surface area (Å²) in [6.07, 6.45) is -3.32. The van der Waals surface area contributed by atoms with Crippen LogP contribution in [-0.4, -0.2) is 77.1 Å².